The van der Waals surface area contributed by atoms with E-state index >= 15 is 0 Å². The second-order valence-electron chi connectivity index (χ2n) is 7.50. The Morgan fingerprint density at radius 2 is 1.55 bits per heavy atom. The molecule has 0 saturated carbocycles. The van der Waals surface area contributed by atoms with Gasteiger partial charge in [-0.15, -0.1) is 0 Å². The third kappa shape index (κ3) is 5.97. The van der Waals surface area contributed by atoms with Crippen molar-refractivity contribution in [2.24, 2.45) is 11.8 Å². The number of carboxylic acids is 1. The minimum atomic E-state index is -4.67. The van der Waals surface area contributed by atoms with E-state index in [4.69, 9.17) is 11.6 Å². The molecule has 0 aliphatic heterocycles. The van der Waals surface area contributed by atoms with Gasteiger partial charge in [-0.1, -0.05) is 50.6 Å². The first kappa shape index (κ1) is 24.7. The van der Waals surface area contributed by atoms with Crippen molar-refractivity contribution in [2.45, 2.75) is 38.8 Å². The number of carboxylic acid groups (broad SMARTS) is 1. The van der Waals surface area contributed by atoms with Crippen LogP contribution >= 0.6 is 11.6 Å². The highest BCUT2D eigenvalue weighted by molar-refractivity contribution is 6.30. The van der Waals surface area contributed by atoms with Crippen molar-refractivity contribution in [3.05, 3.63) is 64.4 Å². The average Bonchev–Trinajstić information content (AvgIpc) is 2.69. The molecule has 168 valence electrons. The van der Waals surface area contributed by atoms with E-state index in [0.717, 1.165) is 13.0 Å². The van der Waals surface area contributed by atoms with Crippen molar-refractivity contribution in [1.82, 2.24) is 0 Å². The number of carbonyl (C=O) groups is 2. The first-order valence-electron chi connectivity index (χ1n) is 9.48. The fourth-order valence-corrected chi connectivity index (χ4v) is 3.29. The lowest BCUT2D eigenvalue weighted by Crippen LogP contribution is -2.34. The number of aliphatic carboxylic acids is 1. The van der Waals surface area contributed by atoms with Gasteiger partial charge in [0.15, 0.2) is 0 Å². The van der Waals surface area contributed by atoms with E-state index in [1.807, 2.05) is 0 Å². The third-order valence-corrected chi connectivity index (χ3v) is 5.69. The van der Waals surface area contributed by atoms with E-state index in [1.54, 1.807) is 6.92 Å². The summed E-state index contributed by atoms with van der Waals surface area (Å²) in [4.78, 5) is 24.1. The Morgan fingerprint density at radius 1 is 1.00 bits per heavy atom. The lowest BCUT2D eigenvalue weighted by atomic mass is 9.85. The Hall–Kier alpha value is -2.61. The maximum Gasteiger partial charge on any atom is 0.392 e. The van der Waals surface area contributed by atoms with Gasteiger partial charge in [0, 0.05) is 5.02 Å². The number of amides is 1. The molecular weight excluding hydrogens is 438 g/mol. The molecule has 4 nitrogen and oxygen atoms in total. The van der Waals surface area contributed by atoms with Gasteiger partial charge in [-0.3, -0.25) is 9.59 Å². The number of rotatable bonds is 7. The summed E-state index contributed by atoms with van der Waals surface area (Å²) in [7, 11) is 0. The zero-order valence-electron chi connectivity index (χ0n) is 17.0. The number of benzene rings is 2. The number of alkyl halides is 3. The molecule has 0 aliphatic carbocycles. The normalized spacial score (nSPS) is 15.6. The van der Waals surface area contributed by atoms with E-state index in [2.05, 4.69) is 5.32 Å². The number of anilines is 1. The summed E-state index contributed by atoms with van der Waals surface area (Å²) >= 11 is 5.80. The molecule has 0 fully saturated rings. The molecule has 9 heteroatoms. The highest BCUT2D eigenvalue weighted by atomic mass is 35.5. The van der Waals surface area contributed by atoms with Crippen molar-refractivity contribution in [2.75, 3.05) is 5.32 Å². The summed E-state index contributed by atoms with van der Waals surface area (Å²) in [6, 6.07) is 9.04. The van der Waals surface area contributed by atoms with Crippen molar-refractivity contribution in [3.8, 4) is 0 Å². The van der Waals surface area contributed by atoms with Gasteiger partial charge in [0.2, 0.25) is 5.91 Å². The van der Waals surface area contributed by atoms with E-state index < -0.39 is 47.5 Å². The largest absolute Gasteiger partial charge is 0.481 e. The van der Waals surface area contributed by atoms with Gasteiger partial charge in [0.25, 0.3) is 0 Å². The molecule has 2 aromatic carbocycles. The summed E-state index contributed by atoms with van der Waals surface area (Å²) in [6.07, 6.45) is -4.67. The highest BCUT2D eigenvalue weighted by Gasteiger charge is 2.45. The number of hydrogen-bond acceptors (Lipinski definition) is 2. The van der Waals surface area contributed by atoms with E-state index in [0.29, 0.717) is 10.6 Å². The van der Waals surface area contributed by atoms with Crippen LogP contribution < -0.4 is 5.32 Å². The topological polar surface area (TPSA) is 66.4 Å². The Kier molecular flexibility index (Phi) is 7.70. The maximum atomic E-state index is 14.3. The van der Waals surface area contributed by atoms with Gasteiger partial charge in [-0.2, -0.15) is 13.2 Å². The number of hydrogen-bond donors (Lipinski definition) is 2. The quantitative estimate of drug-likeness (QED) is 0.483. The summed E-state index contributed by atoms with van der Waals surface area (Å²) in [5, 5.41) is 11.7. The molecule has 31 heavy (non-hydrogen) atoms. The van der Waals surface area contributed by atoms with Gasteiger partial charge < -0.3 is 10.4 Å². The molecule has 0 aliphatic rings. The van der Waals surface area contributed by atoms with Gasteiger partial charge in [-0.25, -0.2) is 4.39 Å². The highest BCUT2D eigenvalue weighted by Crippen LogP contribution is 2.39. The molecule has 2 N–H and O–H groups in total. The molecule has 0 saturated heterocycles. The SMILES string of the molecule is CC(C(=O)O)C(C)c1ccc(F)c(NC(=O)[C@H](c2ccc(Cl)cc2)[C@@H](C)C(F)(F)F)c1. The van der Waals surface area contributed by atoms with Crippen molar-refractivity contribution >= 4 is 29.2 Å². The fraction of sp³-hybridized carbons (Fsp3) is 0.364. The number of nitrogens with one attached hydrogen (secondary N) is 1. The summed E-state index contributed by atoms with van der Waals surface area (Å²) in [5.74, 6) is -7.94. The Bertz CT molecular complexity index is 947. The van der Waals surface area contributed by atoms with Crippen molar-refractivity contribution < 1.29 is 32.3 Å². The van der Waals surface area contributed by atoms with Crippen LogP contribution in [0.15, 0.2) is 42.5 Å². The van der Waals surface area contributed by atoms with E-state index in [9.17, 15) is 32.3 Å². The first-order valence-corrected chi connectivity index (χ1v) is 9.86. The van der Waals surface area contributed by atoms with Gasteiger partial charge in [0.05, 0.1) is 23.4 Å². The summed E-state index contributed by atoms with van der Waals surface area (Å²) in [6.45, 7) is 3.98. The predicted molar refractivity (Wildman–Crippen MR) is 110 cm³/mol. The van der Waals surface area contributed by atoms with Crippen molar-refractivity contribution in [1.29, 1.82) is 0 Å². The second kappa shape index (κ2) is 9.68. The van der Waals surface area contributed by atoms with Crippen LogP contribution in [-0.2, 0) is 9.59 Å². The average molecular weight is 460 g/mol. The fourth-order valence-electron chi connectivity index (χ4n) is 3.16. The molecule has 2 rings (SSSR count). The molecule has 2 aromatic rings. The van der Waals surface area contributed by atoms with Crippen LogP contribution in [0.25, 0.3) is 0 Å². The maximum absolute atomic E-state index is 14.3. The monoisotopic (exact) mass is 459 g/mol. The van der Waals surface area contributed by atoms with E-state index in [-0.39, 0.29) is 11.3 Å². The number of halogens is 5. The van der Waals surface area contributed by atoms with Gasteiger partial charge in [0.1, 0.15) is 5.82 Å². The summed E-state index contributed by atoms with van der Waals surface area (Å²) < 4.78 is 54.7. The molecule has 0 aromatic heterocycles. The first-order chi connectivity index (χ1) is 14.3. The molecule has 0 heterocycles. The summed E-state index contributed by atoms with van der Waals surface area (Å²) in [5.41, 5.74) is 0.190. The van der Waals surface area contributed by atoms with Crippen LogP contribution in [0.4, 0.5) is 23.2 Å². The minimum Gasteiger partial charge on any atom is -0.481 e. The van der Waals surface area contributed by atoms with Crippen LogP contribution in [0.3, 0.4) is 0 Å². The molecule has 0 bridgehead atoms. The van der Waals surface area contributed by atoms with Gasteiger partial charge >= 0.3 is 12.1 Å². The zero-order valence-corrected chi connectivity index (χ0v) is 17.8. The van der Waals surface area contributed by atoms with E-state index in [1.165, 1.54) is 43.3 Å². The third-order valence-electron chi connectivity index (χ3n) is 5.44. The van der Waals surface area contributed by atoms with Crippen LogP contribution in [0.2, 0.25) is 5.02 Å². The molecule has 0 spiro atoms. The molecule has 1 amide bonds. The molecule has 4 atom stereocenters. The lowest BCUT2D eigenvalue weighted by Gasteiger charge is -2.26. The lowest BCUT2D eigenvalue weighted by molar-refractivity contribution is -0.178. The van der Waals surface area contributed by atoms with Crippen LogP contribution in [0.1, 0.15) is 43.7 Å². The number of carbonyl (C=O) groups excluding carboxylic acids is 1. The van der Waals surface area contributed by atoms with Crippen LogP contribution in [0, 0.1) is 17.7 Å². The smallest absolute Gasteiger partial charge is 0.392 e. The second-order valence-corrected chi connectivity index (χ2v) is 7.94. The molecule has 2 unspecified atom stereocenters. The Labute approximate surface area is 182 Å². The Morgan fingerprint density at radius 3 is 2.06 bits per heavy atom. The van der Waals surface area contributed by atoms with Crippen LogP contribution in [0.5, 0.6) is 0 Å². The molecular formula is C22H22ClF4NO3. The Balaban J connectivity index is 2.40. The molecule has 0 radical (unpaired) electrons. The van der Waals surface area contributed by atoms with Gasteiger partial charge in [-0.05, 0) is 41.3 Å². The zero-order chi connectivity index (χ0) is 23.5. The van der Waals surface area contributed by atoms with Crippen LogP contribution in [-0.4, -0.2) is 23.2 Å². The standard InChI is InChI=1S/C22H22ClF4NO3/c1-11(12(2)21(30)31)15-6-9-17(24)18(10-15)28-20(29)19(13(3)22(25,26)27)14-4-7-16(23)8-5-14/h4-13,19H,1-3H3,(H,28,29)(H,30,31)/t11?,12?,13-,19+/m1/s1. The minimum absolute atomic E-state index is 0.0798. The van der Waals surface area contributed by atoms with Crippen molar-refractivity contribution in [3.63, 3.8) is 0 Å². The predicted octanol–water partition coefficient (Wildman–Crippen LogP) is 6.22.